The molecule has 0 heterocycles. The molecule has 0 aliphatic rings. The van der Waals surface area contributed by atoms with Gasteiger partial charge in [0, 0.05) is 12.6 Å². The maximum Gasteiger partial charge on any atom is 0.289 e. The molecule has 2 N–H and O–H groups in total. The van der Waals surface area contributed by atoms with Crippen LogP contribution in [0.15, 0.2) is 71.6 Å². The minimum Gasteiger partial charge on any atom is -0.387 e. The molecule has 0 saturated carbocycles. The van der Waals surface area contributed by atoms with Gasteiger partial charge >= 0.3 is 0 Å². The molecular weight excluding hydrogens is 356 g/mol. The Labute approximate surface area is 150 Å². The van der Waals surface area contributed by atoms with E-state index in [0.717, 1.165) is 22.9 Å². The molecule has 134 valence electrons. The molecule has 26 heavy (non-hydrogen) atoms. The maximum absolute atomic E-state index is 12.4. The summed E-state index contributed by atoms with van der Waals surface area (Å²) in [6.07, 6.45) is -1.10. The molecule has 0 aromatic heterocycles. The summed E-state index contributed by atoms with van der Waals surface area (Å²) in [5.74, 6) is 0. The van der Waals surface area contributed by atoms with Crippen molar-refractivity contribution in [3.05, 3.63) is 82.4 Å². The summed E-state index contributed by atoms with van der Waals surface area (Å²) in [5.41, 5.74) is 0.0630. The van der Waals surface area contributed by atoms with Crippen molar-refractivity contribution in [2.75, 3.05) is 6.54 Å². The van der Waals surface area contributed by atoms with Crippen LogP contribution >= 0.6 is 0 Å². The third-order valence-corrected chi connectivity index (χ3v) is 5.47. The van der Waals surface area contributed by atoms with E-state index in [9.17, 15) is 23.6 Å². The first-order valence-electron chi connectivity index (χ1n) is 7.79. The van der Waals surface area contributed by atoms with Crippen LogP contribution in [0.4, 0.5) is 5.69 Å². The lowest BCUT2D eigenvalue weighted by Crippen LogP contribution is -2.29. The highest BCUT2D eigenvalue weighted by Crippen LogP contribution is 2.26. The van der Waals surface area contributed by atoms with Crippen LogP contribution in [0.5, 0.6) is 0 Å². The summed E-state index contributed by atoms with van der Waals surface area (Å²) in [5, 5.41) is 23.2. The molecule has 0 aliphatic heterocycles. The van der Waals surface area contributed by atoms with Gasteiger partial charge in [0.1, 0.15) is 0 Å². The van der Waals surface area contributed by atoms with Crippen LogP contribution in [0.2, 0.25) is 0 Å². The van der Waals surface area contributed by atoms with Crippen LogP contribution < -0.4 is 4.72 Å². The first-order chi connectivity index (χ1) is 12.4. The number of para-hydroxylation sites is 1. The van der Waals surface area contributed by atoms with Gasteiger partial charge < -0.3 is 5.11 Å². The van der Waals surface area contributed by atoms with Crippen molar-refractivity contribution in [3.8, 4) is 0 Å². The van der Waals surface area contributed by atoms with Crippen molar-refractivity contribution < 1.29 is 18.4 Å². The van der Waals surface area contributed by atoms with Gasteiger partial charge in [-0.1, -0.05) is 54.6 Å². The molecule has 0 bridgehead atoms. The van der Waals surface area contributed by atoms with Crippen LogP contribution in [-0.4, -0.2) is 25.0 Å². The Bertz CT molecular complexity index is 1060. The first-order valence-corrected chi connectivity index (χ1v) is 9.27. The van der Waals surface area contributed by atoms with Crippen molar-refractivity contribution in [3.63, 3.8) is 0 Å². The van der Waals surface area contributed by atoms with Gasteiger partial charge in [-0.3, -0.25) is 10.1 Å². The average Bonchev–Trinajstić information content (AvgIpc) is 2.65. The van der Waals surface area contributed by atoms with E-state index < -0.39 is 31.6 Å². The van der Waals surface area contributed by atoms with Gasteiger partial charge in [0.05, 0.1) is 11.0 Å². The van der Waals surface area contributed by atoms with Crippen LogP contribution in [0.25, 0.3) is 10.8 Å². The molecule has 0 spiro atoms. The fraction of sp³-hybridized carbons (Fsp3) is 0.111. The smallest absolute Gasteiger partial charge is 0.289 e. The van der Waals surface area contributed by atoms with Crippen LogP contribution in [-0.2, 0) is 10.0 Å². The van der Waals surface area contributed by atoms with Gasteiger partial charge in [-0.2, -0.15) is 0 Å². The molecule has 0 aliphatic carbocycles. The Morgan fingerprint density at radius 1 is 1.00 bits per heavy atom. The van der Waals surface area contributed by atoms with E-state index in [4.69, 9.17) is 0 Å². The van der Waals surface area contributed by atoms with E-state index in [1.807, 2.05) is 30.3 Å². The highest BCUT2D eigenvalue weighted by Gasteiger charge is 2.25. The summed E-state index contributed by atoms with van der Waals surface area (Å²) in [7, 11) is -4.14. The minimum atomic E-state index is -4.14. The van der Waals surface area contributed by atoms with E-state index in [-0.39, 0.29) is 6.54 Å². The second kappa shape index (κ2) is 7.20. The average molecular weight is 372 g/mol. The van der Waals surface area contributed by atoms with Crippen LogP contribution in [0.1, 0.15) is 11.7 Å². The van der Waals surface area contributed by atoms with E-state index in [0.29, 0.717) is 5.56 Å². The third-order valence-electron chi connectivity index (χ3n) is 4.00. The predicted octanol–water partition coefficient (Wildman–Crippen LogP) is 2.76. The number of aliphatic hydroxyl groups is 1. The van der Waals surface area contributed by atoms with Gasteiger partial charge in [0.2, 0.25) is 10.0 Å². The summed E-state index contributed by atoms with van der Waals surface area (Å²) in [6.45, 7) is -0.303. The maximum atomic E-state index is 12.4. The molecule has 0 saturated heterocycles. The molecule has 1 unspecified atom stereocenters. The number of nitrogens with one attached hydrogen (secondary N) is 1. The van der Waals surface area contributed by atoms with Crippen molar-refractivity contribution in [1.29, 1.82) is 0 Å². The molecule has 3 rings (SSSR count). The Hall–Kier alpha value is -2.81. The van der Waals surface area contributed by atoms with Crippen LogP contribution in [0, 0.1) is 10.1 Å². The third kappa shape index (κ3) is 3.57. The van der Waals surface area contributed by atoms with Crippen molar-refractivity contribution >= 4 is 26.5 Å². The zero-order chi connectivity index (χ0) is 18.7. The standard InChI is InChI=1S/C18H16N2O5S/c21-17(15-9-5-7-13-6-1-2-8-14(13)15)12-19-26(24,25)18-11-4-3-10-16(18)20(22)23/h1-11,17,19,21H,12H2. The highest BCUT2D eigenvalue weighted by atomic mass is 32.2. The van der Waals surface area contributed by atoms with Gasteiger partial charge in [-0.15, -0.1) is 0 Å². The van der Waals surface area contributed by atoms with E-state index in [2.05, 4.69) is 4.72 Å². The summed E-state index contributed by atoms with van der Waals surface area (Å²) < 4.78 is 27.1. The number of rotatable bonds is 6. The molecule has 8 heteroatoms. The molecule has 1 atom stereocenters. The molecule has 0 amide bonds. The number of sulfonamides is 1. The topological polar surface area (TPSA) is 110 Å². The largest absolute Gasteiger partial charge is 0.387 e. The molecule has 0 fully saturated rings. The Morgan fingerprint density at radius 2 is 1.65 bits per heavy atom. The van der Waals surface area contributed by atoms with Gasteiger partial charge in [-0.25, -0.2) is 13.1 Å². The fourth-order valence-electron chi connectivity index (χ4n) is 2.75. The molecular formula is C18H16N2O5S. The Morgan fingerprint density at radius 3 is 2.42 bits per heavy atom. The lowest BCUT2D eigenvalue weighted by Gasteiger charge is -2.15. The lowest BCUT2D eigenvalue weighted by atomic mass is 10.0. The zero-order valence-corrected chi connectivity index (χ0v) is 14.4. The molecule has 7 nitrogen and oxygen atoms in total. The summed E-state index contributed by atoms with van der Waals surface area (Å²) in [6, 6.07) is 17.9. The number of aliphatic hydroxyl groups excluding tert-OH is 1. The van der Waals surface area contributed by atoms with Gasteiger partial charge in [0.25, 0.3) is 5.69 Å². The number of benzene rings is 3. The number of hydrogen-bond donors (Lipinski definition) is 2. The van der Waals surface area contributed by atoms with Crippen LogP contribution in [0.3, 0.4) is 0 Å². The van der Waals surface area contributed by atoms with Gasteiger partial charge in [-0.05, 0) is 22.4 Å². The number of nitro benzene ring substituents is 1. The number of hydrogen-bond acceptors (Lipinski definition) is 5. The van der Waals surface area contributed by atoms with Crippen molar-refractivity contribution in [2.45, 2.75) is 11.0 Å². The molecule has 3 aromatic rings. The predicted molar refractivity (Wildman–Crippen MR) is 97.2 cm³/mol. The second-order valence-corrected chi connectivity index (χ2v) is 7.40. The van der Waals surface area contributed by atoms with Crippen molar-refractivity contribution in [2.24, 2.45) is 0 Å². The van der Waals surface area contributed by atoms with E-state index >= 15 is 0 Å². The van der Waals surface area contributed by atoms with Crippen molar-refractivity contribution in [1.82, 2.24) is 4.72 Å². The first kappa shape index (κ1) is 18.0. The van der Waals surface area contributed by atoms with E-state index in [1.165, 1.54) is 12.1 Å². The van der Waals surface area contributed by atoms with E-state index in [1.54, 1.807) is 12.1 Å². The number of fused-ring (bicyclic) bond motifs is 1. The molecule has 3 aromatic carbocycles. The summed E-state index contributed by atoms with van der Waals surface area (Å²) in [4.78, 5) is 9.85. The highest BCUT2D eigenvalue weighted by molar-refractivity contribution is 7.89. The number of nitrogens with zero attached hydrogens (tertiary/aromatic N) is 1. The quantitative estimate of drug-likeness (QED) is 0.511. The molecule has 0 radical (unpaired) electrons. The Balaban J connectivity index is 1.85. The minimum absolute atomic E-state index is 0.303. The Kier molecular flexibility index (Phi) is 4.99. The second-order valence-electron chi connectivity index (χ2n) is 5.66. The SMILES string of the molecule is O=[N+]([O-])c1ccccc1S(=O)(=O)NCC(O)c1cccc2ccccc12. The normalized spacial score (nSPS) is 12.8. The monoisotopic (exact) mass is 372 g/mol. The zero-order valence-electron chi connectivity index (χ0n) is 13.6. The summed E-state index contributed by atoms with van der Waals surface area (Å²) >= 11 is 0. The number of nitro groups is 1. The fourth-order valence-corrected chi connectivity index (χ4v) is 3.96. The van der Waals surface area contributed by atoms with Gasteiger partial charge in [0.15, 0.2) is 4.90 Å². The lowest BCUT2D eigenvalue weighted by molar-refractivity contribution is -0.387.